The zero-order valence-electron chi connectivity index (χ0n) is 15.4. The first-order valence-corrected chi connectivity index (χ1v) is 9.69. The highest BCUT2D eigenvalue weighted by Crippen LogP contribution is 2.26. The van der Waals surface area contributed by atoms with Gasteiger partial charge >= 0.3 is 0 Å². The maximum atomic E-state index is 13.3. The third-order valence-electron chi connectivity index (χ3n) is 3.92. The molecule has 0 aliphatic rings. The van der Waals surface area contributed by atoms with Gasteiger partial charge in [-0.05, 0) is 54.8 Å². The number of carbonyl (C=O) groups is 1. The van der Waals surface area contributed by atoms with Gasteiger partial charge in [-0.15, -0.1) is 16.4 Å². The number of nitrogens with zero attached hydrogens (tertiary/aromatic N) is 4. The number of anilines is 1. The minimum atomic E-state index is -0.502. The Balaban J connectivity index is 1.70. The van der Waals surface area contributed by atoms with Crippen LogP contribution in [-0.2, 0) is 0 Å². The molecule has 0 saturated carbocycles. The average molecular weight is 409 g/mol. The molecule has 1 aromatic carbocycles. The zero-order valence-corrected chi connectivity index (χ0v) is 16.2. The van der Waals surface area contributed by atoms with Gasteiger partial charge in [0.25, 0.3) is 5.91 Å². The summed E-state index contributed by atoms with van der Waals surface area (Å²) in [6.07, 6.45) is 1.58. The Morgan fingerprint density at radius 2 is 2.03 bits per heavy atom. The van der Waals surface area contributed by atoms with Crippen molar-refractivity contribution in [1.29, 1.82) is 0 Å². The lowest BCUT2D eigenvalue weighted by atomic mass is 10.3. The van der Waals surface area contributed by atoms with Crippen molar-refractivity contribution < 1.29 is 13.9 Å². The Labute approximate surface area is 169 Å². The van der Waals surface area contributed by atoms with Crippen molar-refractivity contribution in [3.8, 4) is 22.3 Å². The van der Waals surface area contributed by atoms with Gasteiger partial charge in [0.15, 0.2) is 5.82 Å². The lowest BCUT2D eigenvalue weighted by Gasteiger charge is -2.08. The first-order valence-electron chi connectivity index (χ1n) is 8.81. The standard InChI is InChI=1S/C20H16FN5O2S/c1-2-28-20-15(5-3-11-22-20)23-19(27)17-24-18(16-6-4-12-29-16)26(25-17)14-9-7-13(21)8-10-14/h3-12H,2H2,1H3,(H,23,27). The quantitative estimate of drug-likeness (QED) is 0.517. The normalized spacial score (nSPS) is 10.7. The number of halogens is 1. The fourth-order valence-corrected chi connectivity index (χ4v) is 3.35. The van der Waals surface area contributed by atoms with Crippen LogP contribution in [-0.4, -0.2) is 32.3 Å². The highest BCUT2D eigenvalue weighted by molar-refractivity contribution is 7.13. The van der Waals surface area contributed by atoms with Crippen molar-refractivity contribution in [2.24, 2.45) is 0 Å². The lowest BCUT2D eigenvalue weighted by Crippen LogP contribution is -2.15. The summed E-state index contributed by atoms with van der Waals surface area (Å²) in [5.74, 6) is -0.0704. The minimum absolute atomic E-state index is 0.0240. The van der Waals surface area contributed by atoms with E-state index in [4.69, 9.17) is 4.74 Å². The Kier molecular flexibility index (Phi) is 5.30. The van der Waals surface area contributed by atoms with Crippen molar-refractivity contribution >= 4 is 22.9 Å². The molecule has 0 atom stereocenters. The fraction of sp³-hybridized carbons (Fsp3) is 0.100. The molecule has 4 rings (SSSR count). The summed E-state index contributed by atoms with van der Waals surface area (Å²) in [5.41, 5.74) is 1.02. The molecule has 0 unspecified atom stereocenters. The van der Waals surface area contributed by atoms with Crippen LogP contribution in [0.5, 0.6) is 5.88 Å². The molecule has 0 saturated heterocycles. The van der Waals surface area contributed by atoms with Crippen LogP contribution < -0.4 is 10.1 Å². The minimum Gasteiger partial charge on any atom is -0.476 e. The monoisotopic (exact) mass is 409 g/mol. The summed E-state index contributed by atoms with van der Waals surface area (Å²) in [5, 5.41) is 9.00. The van der Waals surface area contributed by atoms with Crippen LogP contribution in [0.4, 0.5) is 10.1 Å². The molecule has 3 heterocycles. The second-order valence-electron chi connectivity index (χ2n) is 5.87. The van der Waals surface area contributed by atoms with Gasteiger partial charge in [-0.25, -0.2) is 19.0 Å². The van der Waals surface area contributed by atoms with E-state index in [-0.39, 0.29) is 11.6 Å². The SMILES string of the molecule is CCOc1ncccc1NC(=O)c1nc(-c2cccs2)n(-c2ccc(F)cc2)n1. The van der Waals surface area contributed by atoms with Crippen LogP contribution in [0.3, 0.4) is 0 Å². The number of amides is 1. The molecule has 1 amide bonds. The van der Waals surface area contributed by atoms with E-state index in [9.17, 15) is 9.18 Å². The number of aromatic nitrogens is 4. The second kappa shape index (κ2) is 8.19. The van der Waals surface area contributed by atoms with Crippen LogP contribution in [0, 0.1) is 5.82 Å². The Hall–Kier alpha value is -3.59. The number of nitrogens with one attached hydrogen (secondary N) is 1. The van der Waals surface area contributed by atoms with Crippen molar-refractivity contribution in [1.82, 2.24) is 19.7 Å². The van der Waals surface area contributed by atoms with E-state index in [1.165, 1.54) is 28.2 Å². The number of rotatable bonds is 6. The molecule has 0 fully saturated rings. The summed E-state index contributed by atoms with van der Waals surface area (Å²) >= 11 is 1.47. The van der Waals surface area contributed by atoms with E-state index in [0.717, 1.165) is 4.88 Å². The van der Waals surface area contributed by atoms with Gasteiger partial charge in [0, 0.05) is 6.20 Å². The van der Waals surface area contributed by atoms with E-state index in [1.807, 2.05) is 24.4 Å². The van der Waals surface area contributed by atoms with E-state index in [1.54, 1.807) is 30.5 Å². The predicted octanol–water partition coefficient (Wildman–Crippen LogP) is 4.18. The van der Waals surface area contributed by atoms with Crippen LogP contribution in [0.25, 0.3) is 16.4 Å². The number of hydrogen-bond donors (Lipinski definition) is 1. The Morgan fingerprint density at radius 3 is 2.76 bits per heavy atom. The molecule has 0 spiro atoms. The van der Waals surface area contributed by atoms with Crippen molar-refractivity contribution in [2.75, 3.05) is 11.9 Å². The Bertz CT molecular complexity index is 1130. The molecule has 0 bridgehead atoms. The summed E-state index contributed by atoms with van der Waals surface area (Å²) in [6.45, 7) is 2.25. The molecule has 0 aliphatic carbocycles. The summed E-state index contributed by atoms with van der Waals surface area (Å²) in [6, 6.07) is 13.0. The van der Waals surface area contributed by atoms with Crippen LogP contribution in [0.1, 0.15) is 17.5 Å². The van der Waals surface area contributed by atoms with Crippen LogP contribution in [0.2, 0.25) is 0 Å². The maximum Gasteiger partial charge on any atom is 0.295 e. The van der Waals surface area contributed by atoms with Gasteiger partial charge in [0.1, 0.15) is 11.5 Å². The summed E-state index contributed by atoms with van der Waals surface area (Å²) in [4.78, 5) is 22.2. The second-order valence-corrected chi connectivity index (χ2v) is 6.82. The van der Waals surface area contributed by atoms with Crippen molar-refractivity contribution in [3.63, 3.8) is 0 Å². The molecule has 7 nitrogen and oxygen atoms in total. The van der Waals surface area contributed by atoms with Crippen molar-refractivity contribution in [3.05, 3.63) is 71.7 Å². The number of thiophene rings is 1. The number of ether oxygens (including phenoxy) is 1. The molecule has 29 heavy (non-hydrogen) atoms. The molecule has 1 N–H and O–H groups in total. The number of hydrogen-bond acceptors (Lipinski definition) is 6. The number of pyridine rings is 1. The average Bonchev–Trinajstić information content (AvgIpc) is 3.40. The fourth-order valence-electron chi connectivity index (χ4n) is 2.65. The first kappa shape index (κ1) is 18.8. The van der Waals surface area contributed by atoms with Gasteiger partial charge in [0.2, 0.25) is 11.7 Å². The van der Waals surface area contributed by atoms with Gasteiger partial charge in [-0.1, -0.05) is 6.07 Å². The molecular formula is C20H16FN5O2S. The molecule has 9 heteroatoms. The predicted molar refractivity (Wildman–Crippen MR) is 108 cm³/mol. The summed E-state index contributed by atoms with van der Waals surface area (Å²) in [7, 11) is 0. The third kappa shape index (κ3) is 3.99. The topological polar surface area (TPSA) is 81.9 Å². The van der Waals surface area contributed by atoms with E-state index >= 15 is 0 Å². The molecule has 0 aliphatic heterocycles. The lowest BCUT2D eigenvalue weighted by molar-refractivity contribution is 0.101. The number of carbonyl (C=O) groups excluding carboxylic acids is 1. The third-order valence-corrected chi connectivity index (χ3v) is 4.79. The number of benzene rings is 1. The van der Waals surface area contributed by atoms with Gasteiger partial charge < -0.3 is 10.1 Å². The largest absolute Gasteiger partial charge is 0.476 e. The highest BCUT2D eigenvalue weighted by Gasteiger charge is 2.20. The smallest absolute Gasteiger partial charge is 0.295 e. The van der Waals surface area contributed by atoms with Crippen LogP contribution in [0.15, 0.2) is 60.1 Å². The molecule has 4 aromatic rings. The zero-order chi connectivity index (χ0) is 20.2. The first-order chi connectivity index (χ1) is 14.2. The van der Waals surface area contributed by atoms with E-state index in [0.29, 0.717) is 29.7 Å². The van der Waals surface area contributed by atoms with E-state index < -0.39 is 5.91 Å². The van der Waals surface area contributed by atoms with E-state index in [2.05, 4.69) is 20.4 Å². The van der Waals surface area contributed by atoms with Gasteiger partial charge in [-0.3, -0.25) is 4.79 Å². The van der Waals surface area contributed by atoms with Crippen molar-refractivity contribution in [2.45, 2.75) is 6.92 Å². The van der Waals surface area contributed by atoms with Gasteiger partial charge in [0.05, 0.1) is 17.2 Å². The molecular weight excluding hydrogens is 393 g/mol. The maximum absolute atomic E-state index is 13.3. The summed E-state index contributed by atoms with van der Waals surface area (Å²) < 4.78 is 20.3. The van der Waals surface area contributed by atoms with Crippen LogP contribution >= 0.6 is 11.3 Å². The molecule has 3 aromatic heterocycles. The molecule has 0 radical (unpaired) electrons. The van der Waals surface area contributed by atoms with Gasteiger partial charge in [-0.2, -0.15) is 0 Å². The highest BCUT2D eigenvalue weighted by atomic mass is 32.1. The molecule has 146 valence electrons. The Morgan fingerprint density at radius 1 is 1.21 bits per heavy atom.